The molecule has 134 valence electrons. The summed E-state index contributed by atoms with van der Waals surface area (Å²) in [5.41, 5.74) is 0.325. The molecule has 1 atom stereocenters. The summed E-state index contributed by atoms with van der Waals surface area (Å²) in [7, 11) is -2.41. The minimum Gasteiger partial charge on any atom is -0.495 e. The van der Waals surface area contributed by atoms with Crippen LogP contribution in [0.1, 0.15) is 31.9 Å². The normalized spacial score (nSPS) is 19.0. The topological polar surface area (TPSA) is 64.6 Å². The Bertz CT molecular complexity index is 896. The number of sulfonamides is 1. The van der Waals surface area contributed by atoms with Crippen molar-refractivity contribution in [3.05, 3.63) is 53.1 Å². The highest BCUT2D eigenvalue weighted by atomic mass is 35.5. The SMILES string of the molecule is COc1ccc(Cl)cc1S(=O)(=O)N[C@H]1CC(C)(C)Oc2ccccc21. The van der Waals surface area contributed by atoms with Crippen LogP contribution in [0, 0.1) is 0 Å². The lowest BCUT2D eigenvalue weighted by Gasteiger charge is -2.37. The molecule has 1 aliphatic rings. The van der Waals surface area contributed by atoms with Gasteiger partial charge in [-0.2, -0.15) is 0 Å². The Balaban J connectivity index is 2.00. The van der Waals surface area contributed by atoms with Gasteiger partial charge < -0.3 is 9.47 Å². The van der Waals surface area contributed by atoms with E-state index in [1.807, 2.05) is 38.1 Å². The van der Waals surface area contributed by atoms with E-state index in [4.69, 9.17) is 21.1 Å². The maximum atomic E-state index is 13.0. The molecular weight excluding hydrogens is 362 g/mol. The Morgan fingerprint density at radius 1 is 1.24 bits per heavy atom. The number of rotatable bonds is 4. The summed E-state index contributed by atoms with van der Waals surface area (Å²) in [6.45, 7) is 3.87. The van der Waals surface area contributed by atoms with Gasteiger partial charge in [0.05, 0.1) is 13.2 Å². The van der Waals surface area contributed by atoms with E-state index in [1.165, 1.54) is 13.2 Å². The molecule has 0 unspecified atom stereocenters. The highest BCUT2D eigenvalue weighted by molar-refractivity contribution is 7.89. The Labute approximate surface area is 153 Å². The van der Waals surface area contributed by atoms with E-state index in [9.17, 15) is 8.42 Å². The monoisotopic (exact) mass is 381 g/mol. The summed E-state index contributed by atoms with van der Waals surface area (Å²) in [6, 6.07) is 11.6. The summed E-state index contributed by atoms with van der Waals surface area (Å²) < 4.78 is 39.8. The van der Waals surface area contributed by atoms with Gasteiger partial charge in [-0.15, -0.1) is 0 Å². The van der Waals surface area contributed by atoms with Gasteiger partial charge in [0.1, 0.15) is 22.0 Å². The molecule has 7 heteroatoms. The van der Waals surface area contributed by atoms with E-state index >= 15 is 0 Å². The molecule has 0 aliphatic carbocycles. The molecule has 0 bridgehead atoms. The first-order valence-electron chi connectivity index (χ1n) is 7.86. The third-order valence-electron chi connectivity index (χ3n) is 4.09. The van der Waals surface area contributed by atoms with Gasteiger partial charge in [0.25, 0.3) is 0 Å². The third-order valence-corrected chi connectivity index (χ3v) is 5.82. The van der Waals surface area contributed by atoms with E-state index in [0.717, 1.165) is 5.56 Å². The van der Waals surface area contributed by atoms with Crippen molar-refractivity contribution in [1.82, 2.24) is 4.72 Å². The quantitative estimate of drug-likeness (QED) is 0.871. The van der Waals surface area contributed by atoms with Crippen LogP contribution in [0.4, 0.5) is 0 Å². The molecule has 1 aliphatic heterocycles. The number of benzene rings is 2. The smallest absolute Gasteiger partial charge is 0.244 e. The molecule has 1 N–H and O–H groups in total. The van der Waals surface area contributed by atoms with Crippen LogP contribution in [-0.4, -0.2) is 21.1 Å². The highest BCUT2D eigenvalue weighted by Crippen LogP contribution is 2.40. The summed E-state index contributed by atoms with van der Waals surface area (Å²) in [4.78, 5) is 0.0179. The molecule has 0 amide bonds. The molecule has 0 saturated carbocycles. The lowest BCUT2D eigenvalue weighted by atomic mass is 9.90. The number of nitrogens with one attached hydrogen (secondary N) is 1. The van der Waals surface area contributed by atoms with Crippen molar-refractivity contribution in [1.29, 1.82) is 0 Å². The molecule has 1 heterocycles. The molecule has 2 aromatic carbocycles. The Morgan fingerprint density at radius 3 is 2.68 bits per heavy atom. The Hall–Kier alpha value is -1.76. The van der Waals surface area contributed by atoms with Crippen LogP contribution in [0.5, 0.6) is 11.5 Å². The molecule has 5 nitrogen and oxygen atoms in total. The second-order valence-electron chi connectivity index (χ2n) is 6.57. The average Bonchev–Trinajstić information content (AvgIpc) is 2.53. The summed E-state index contributed by atoms with van der Waals surface area (Å²) in [5, 5.41) is 0.328. The fourth-order valence-electron chi connectivity index (χ4n) is 3.02. The zero-order valence-electron chi connectivity index (χ0n) is 14.2. The van der Waals surface area contributed by atoms with Crippen molar-refractivity contribution in [2.75, 3.05) is 7.11 Å². The molecule has 0 fully saturated rings. The third kappa shape index (κ3) is 3.76. The number of fused-ring (bicyclic) bond motifs is 1. The number of ether oxygens (including phenoxy) is 2. The van der Waals surface area contributed by atoms with E-state index in [2.05, 4.69) is 4.72 Å². The zero-order valence-corrected chi connectivity index (χ0v) is 15.8. The van der Waals surface area contributed by atoms with Crippen LogP contribution < -0.4 is 14.2 Å². The molecule has 0 saturated heterocycles. The molecular formula is C18H20ClNO4S. The predicted molar refractivity (Wildman–Crippen MR) is 96.8 cm³/mol. The largest absolute Gasteiger partial charge is 0.495 e. The summed E-state index contributed by atoms with van der Waals surface area (Å²) >= 11 is 5.98. The fourth-order valence-corrected chi connectivity index (χ4v) is 4.67. The van der Waals surface area contributed by atoms with Gasteiger partial charge in [-0.05, 0) is 38.1 Å². The van der Waals surface area contributed by atoms with Crippen molar-refractivity contribution in [3.63, 3.8) is 0 Å². The second kappa shape index (κ2) is 6.52. The van der Waals surface area contributed by atoms with E-state index in [1.54, 1.807) is 12.1 Å². The van der Waals surface area contributed by atoms with Crippen molar-refractivity contribution in [2.24, 2.45) is 0 Å². The van der Waals surface area contributed by atoms with Crippen LogP contribution in [0.15, 0.2) is 47.4 Å². The van der Waals surface area contributed by atoms with Gasteiger partial charge >= 0.3 is 0 Å². The molecule has 2 aromatic rings. The fraction of sp³-hybridized carbons (Fsp3) is 0.333. The standard InChI is InChI=1S/C18H20ClNO4S/c1-18(2)11-14(13-6-4-5-7-15(13)24-18)20-25(21,22)17-10-12(19)8-9-16(17)23-3/h4-10,14,20H,11H2,1-3H3/t14-/m0/s1. The van der Waals surface area contributed by atoms with Crippen molar-refractivity contribution < 1.29 is 17.9 Å². The van der Waals surface area contributed by atoms with Crippen LogP contribution in [0.2, 0.25) is 5.02 Å². The van der Waals surface area contributed by atoms with Crippen LogP contribution in [-0.2, 0) is 10.0 Å². The molecule has 25 heavy (non-hydrogen) atoms. The first-order chi connectivity index (χ1) is 11.7. The number of halogens is 1. The predicted octanol–water partition coefficient (Wildman–Crippen LogP) is 3.93. The highest BCUT2D eigenvalue weighted by Gasteiger charge is 2.36. The zero-order chi connectivity index (χ0) is 18.2. The number of hydrogen-bond donors (Lipinski definition) is 1. The van der Waals surface area contributed by atoms with Gasteiger partial charge in [-0.3, -0.25) is 0 Å². The number of para-hydroxylation sites is 1. The van der Waals surface area contributed by atoms with Crippen molar-refractivity contribution >= 4 is 21.6 Å². The van der Waals surface area contributed by atoms with Gasteiger partial charge in [0.15, 0.2) is 0 Å². The molecule has 3 rings (SSSR count). The maximum Gasteiger partial charge on any atom is 0.244 e. The average molecular weight is 382 g/mol. The lowest BCUT2D eigenvalue weighted by molar-refractivity contribution is 0.0702. The first kappa shape index (κ1) is 18.0. The molecule has 0 aromatic heterocycles. The van der Waals surface area contributed by atoms with E-state index < -0.39 is 21.7 Å². The van der Waals surface area contributed by atoms with E-state index in [0.29, 0.717) is 17.2 Å². The Kier molecular flexibility index (Phi) is 4.70. The minimum atomic E-state index is -3.83. The summed E-state index contributed by atoms with van der Waals surface area (Å²) in [5.74, 6) is 0.931. The van der Waals surface area contributed by atoms with Gasteiger partial charge in [0.2, 0.25) is 10.0 Å². The molecule has 0 spiro atoms. The Morgan fingerprint density at radius 2 is 1.96 bits per heavy atom. The van der Waals surface area contributed by atoms with Gasteiger partial charge in [-0.25, -0.2) is 13.1 Å². The van der Waals surface area contributed by atoms with Crippen LogP contribution in [0.25, 0.3) is 0 Å². The molecule has 0 radical (unpaired) electrons. The van der Waals surface area contributed by atoms with Gasteiger partial charge in [-0.1, -0.05) is 29.8 Å². The van der Waals surface area contributed by atoms with Crippen LogP contribution in [0.3, 0.4) is 0 Å². The van der Waals surface area contributed by atoms with Crippen molar-refractivity contribution in [2.45, 2.75) is 36.8 Å². The first-order valence-corrected chi connectivity index (χ1v) is 9.72. The van der Waals surface area contributed by atoms with E-state index in [-0.39, 0.29) is 10.6 Å². The van der Waals surface area contributed by atoms with Crippen molar-refractivity contribution in [3.8, 4) is 11.5 Å². The number of methoxy groups -OCH3 is 1. The van der Waals surface area contributed by atoms with Gasteiger partial charge in [0, 0.05) is 17.0 Å². The lowest BCUT2D eigenvalue weighted by Crippen LogP contribution is -2.41. The maximum absolute atomic E-state index is 13.0. The number of hydrogen-bond acceptors (Lipinski definition) is 4. The summed E-state index contributed by atoms with van der Waals surface area (Å²) in [6.07, 6.45) is 0.506. The second-order valence-corrected chi connectivity index (χ2v) is 8.69. The minimum absolute atomic E-state index is 0.0179. The van der Waals surface area contributed by atoms with Crippen LogP contribution >= 0.6 is 11.6 Å².